The summed E-state index contributed by atoms with van der Waals surface area (Å²) in [5.74, 6) is -0.0557. The lowest BCUT2D eigenvalue weighted by molar-refractivity contribution is -0.138. The maximum Gasteiger partial charge on any atom is 0.249 e. The van der Waals surface area contributed by atoms with Gasteiger partial charge in [-0.2, -0.15) is 0 Å². The van der Waals surface area contributed by atoms with Gasteiger partial charge in [-0.15, -0.1) is 0 Å². The topological polar surface area (TPSA) is 140 Å². The molecule has 4 aliphatic heterocycles. The van der Waals surface area contributed by atoms with Gasteiger partial charge in [0.1, 0.15) is 17.6 Å². The van der Waals surface area contributed by atoms with Crippen LogP contribution in [0.15, 0.2) is 48.7 Å². The van der Waals surface area contributed by atoms with Crippen molar-refractivity contribution in [2.45, 2.75) is 101 Å². The molecular weight excluding hydrogens is 743 g/mol. The molecule has 4 saturated heterocycles. The summed E-state index contributed by atoms with van der Waals surface area (Å²) < 4.78 is 30.2. The molecule has 1 atom stereocenters. The number of likely N-dealkylation sites (tertiary alicyclic amines) is 2. The fourth-order valence-corrected chi connectivity index (χ4v) is 9.57. The van der Waals surface area contributed by atoms with Gasteiger partial charge in [0.15, 0.2) is 5.82 Å². The van der Waals surface area contributed by atoms with Crippen molar-refractivity contribution in [2.75, 3.05) is 54.8 Å². The number of nitrogens with zero attached hydrogens (tertiary/aromatic N) is 5. The second-order valence-electron chi connectivity index (χ2n) is 16.9. The van der Waals surface area contributed by atoms with E-state index in [1.165, 1.54) is 12.3 Å². The van der Waals surface area contributed by atoms with E-state index in [-0.39, 0.29) is 59.4 Å². The number of aromatic nitrogens is 2. The number of halogens is 2. The molecule has 308 valence electrons. The fraction of sp³-hybridized carbons (Fsp3) is 0.545. The zero-order valence-electron chi connectivity index (χ0n) is 33.1. The van der Waals surface area contributed by atoms with Crippen LogP contribution in [0.5, 0.6) is 0 Å². The zero-order chi connectivity index (χ0) is 40.2. The van der Waals surface area contributed by atoms with Crippen LogP contribution < -0.4 is 20.9 Å². The lowest BCUT2D eigenvalue weighted by Gasteiger charge is -2.39. The van der Waals surface area contributed by atoms with E-state index in [9.17, 15) is 19.2 Å². The highest BCUT2D eigenvalue weighted by Gasteiger charge is 2.33. The largest absolute Gasteiger partial charge is 0.374 e. The standard InChI is InChI=1S/C44H54F2N8O4/c45-36-25-33(48-38-13-14-39(55)50-42(38)57)11-12-35(36)29-17-20-52(21-18-29)27-28-15-22-53(23-16-28)43(58)30-7-9-32(10-8-30)49-44-47-26-37(46)41(51-44)31-4-3-5-34(24-31)54-19-2-1-6-40(54)56/h3-5,11-12,24-26,28-30,32,38,48H,1-2,6-10,13-23,27H2,(H,47,49,51)(H,50,55,57)/t30?,32?,38-/m0/s1. The molecule has 0 unspecified atom stereocenters. The van der Waals surface area contributed by atoms with E-state index >= 15 is 8.78 Å². The van der Waals surface area contributed by atoms with Crippen molar-refractivity contribution in [3.05, 3.63) is 65.9 Å². The van der Waals surface area contributed by atoms with Crippen molar-refractivity contribution in [2.24, 2.45) is 11.8 Å². The van der Waals surface area contributed by atoms with Gasteiger partial charge in [-0.1, -0.05) is 18.2 Å². The van der Waals surface area contributed by atoms with Crippen molar-refractivity contribution >= 4 is 41.0 Å². The van der Waals surface area contributed by atoms with Gasteiger partial charge in [0.05, 0.1) is 6.20 Å². The summed E-state index contributed by atoms with van der Waals surface area (Å²) in [6.45, 7) is 5.04. The van der Waals surface area contributed by atoms with Crippen molar-refractivity contribution < 1.29 is 28.0 Å². The first-order valence-electron chi connectivity index (χ1n) is 21.3. The van der Waals surface area contributed by atoms with Crippen LogP contribution in [0.3, 0.4) is 0 Å². The van der Waals surface area contributed by atoms with Crippen molar-refractivity contribution in [3.8, 4) is 11.3 Å². The monoisotopic (exact) mass is 796 g/mol. The maximum absolute atomic E-state index is 15.2. The van der Waals surface area contributed by atoms with Crippen LogP contribution in [0.25, 0.3) is 11.3 Å². The third-order valence-corrected chi connectivity index (χ3v) is 13.0. The molecule has 0 bridgehead atoms. The van der Waals surface area contributed by atoms with Crippen molar-refractivity contribution in [1.29, 1.82) is 0 Å². The third kappa shape index (κ3) is 9.32. The number of nitrogens with one attached hydrogen (secondary N) is 3. The van der Waals surface area contributed by atoms with Gasteiger partial charge in [-0.25, -0.2) is 18.7 Å². The molecule has 5 aliphatic rings. The Bertz CT molecular complexity index is 1990. The molecule has 1 aromatic heterocycles. The molecule has 14 heteroatoms. The van der Waals surface area contributed by atoms with Crippen LogP contribution in [0.2, 0.25) is 0 Å². The molecule has 58 heavy (non-hydrogen) atoms. The highest BCUT2D eigenvalue weighted by Crippen LogP contribution is 2.34. The Morgan fingerprint density at radius 3 is 2.34 bits per heavy atom. The van der Waals surface area contributed by atoms with Crippen molar-refractivity contribution in [3.63, 3.8) is 0 Å². The number of amides is 4. The Balaban J connectivity index is 0.755. The van der Waals surface area contributed by atoms with E-state index in [1.54, 1.807) is 11.0 Å². The van der Waals surface area contributed by atoms with Crippen molar-refractivity contribution in [1.82, 2.24) is 25.1 Å². The predicted octanol–water partition coefficient (Wildman–Crippen LogP) is 6.24. The number of hydrogen-bond acceptors (Lipinski definition) is 9. The minimum absolute atomic E-state index is 0.00115. The molecule has 0 spiro atoms. The number of rotatable bonds is 10. The number of imide groups is 1. The lowest BCUT2D eigenvalue weighted by Crippen LogP contribution is -2.47. The summed E-state index contributed by atoms with van der Waals surface area (Å²) in [7, 11) is 0. The highest BCUT2D eigenvalue weighted by atomic mass is 19.1. The average Bonchev–Trinajstić information content (AvgIpc) is 3.23. The minimum Gasteiger partial charge on any atom is -0.374 e. The van der Waals surface area contributed by atoms with Crippen LogP contribution in [0.4, 0.5) is 26.1 Å². The minimum atomic E-state index is -0.545. The summed E-state index contributed by atoms with van der Waals surface area (Å²) in [5.41, 5.74) is 2.80. The van der Waals surface area contributed by atoms with E-state index in [2.05, 4.69) is 35.7 Å². The van der Waals surface area contributed by atoms with Gasteiger partial charge in [0, 0.05) is 67.9 Å². The SMILES string of the molecule is O=C1CC[C@H](Nc2ccc(C3CCN(CC4CCN(C(=O)C5CCC(Nc6ncc(F)c(-c7cccc(N8CCCCC8=O)c7)n6)CC5)CC4)CC3)c(F)c2)C(=O)N1. The Morgan fingerprint density at radius 2 is 1.60 bits per heavy atom. The molecule has 5 fully saturated rings. The number of carbonyl (C=O) groups is 4. The number of carbonyl (C=O) groups excluding carboxylic acids is 4. The molecule has 3 aromatic rings. The summed E-state index contributed by atoms with van der Waals surface area (Å²) in [4.78, 5) is 64.7. The Labute approximate surface area is 338 Å². The first-order chi connectivity index (χ1) is 28.2. The summed E-state index contributed by atoms with van der Waals surface area (Å²) in [6, 6.07) is 12.0. The molecule has 3 N–H and O–H groups in total. The molecule has 1 aliphatic carbocycles. The van der Waals surface area contributed by atoms with Gasteiger partial charge in [0.2, 0.25) is 29.6 Å². The van der Waals surface area contributed by atoms with E-state index in [0.717, 1.165) is 103 Å². The van der Waals surface area contributed by atoms with Crippen LogP contribution in [-0.2, 0) is 19.2 Å². The van der Waals surface area contributed by atoms with E-state index in [0.29, 0.717) is 48.1 Å². The number of hydrogen-bond donors (Lipinski definition) is 3. The summed E-state index contributed by atoms with van der Waals surface area (Å²) in [5, 5.41) is 8.79. The van der Waals surface area contributed by atoms with E-state index < -0.39 is 11.9 Å². The van der Waals surface area contributed by atoms with Gasteiger partial charge >= 0.3 is 0 Å². The number of piperidine rings is 4. The first kappa shape index (κ1) is 39.8. The molecule has 1 saturated carbocycles. The predicted molar refractivity (Wildman–Crippen MR) is 217 cm³/mol. The first-order valence-corrected chi connectivity index (χ1v) is 21.3. The van der Waals surface area contributed by atoms with E-state index in [1.807, 2.05) is 30.3 Å². The lowest BCUT2D eigenvalue weighted by atomic mass is 9.84. The number of benzene rings is 2. The normalized spacial score (nSPS) is 24.1. The van der Waals surface area contributed by atoms with Gasteiger partial charge in [0.25, 0.3) is 0 Å². The molecule has 8 rings (SSSR count). The summed E-state index contributed by atoms with van der Waals surface area (Å²) >= 11 is 0. The molecule has 2 aromatic carbocycles. The highest BCUT2D eigenvalue weighted by molar-refractivity contribution is 6.01. The zero-order valence-corrected chi connectivity index (χ0v) is 33.1. The fourth-order valence-electron chi connectivity index (χ4n) is 9.57. The van der Waals surface area contributed by atoms with Gasteiger partial charge in [-0.3, -0.25) is 24.5 Å². The van der Waals surface area contributed by atoms with Gasteiger partial charge in [-0.05, 0) is 125 Å². The molecule has 4 amide bonds. The van der Waals surface area contributed by atoms with Crippen LogP contribution in [-0.4, -0.2) is 94.7 Å². The molecular formula is C44H54F2N8O4. The Morgan fingerprint density at radius 1 is 0.810 bits per heavy atom. The third-order valence-electron chi connectivity index (χ3n) is 13.0. The second-order valence-corrected chi connectivity index (χ2v) is 16.9. The van der Waals surface area contributed by atoms with Crippen LogP contribution >= 0.6 is 0 Å². The second kappa shape index (κ2) is 17.9. The quantitative estimate of drug-likeness (QED) is 0.204. The molecule has 5 heterocycles. The Hall–Kier alpha value is -4.98. The summed E-state index contributed by atoms with van der Waals surface area (Å²) in [6.07, 6.45) is 11.1. The van der Waals surface area contributed by atoms with E-state index in [4.69, 9.17) is 0 Å². The van der Waals surface area contributed by atoms with Crippen LogP contribution in [0, 0.1) is 23.5 Å². The number of anilines is 3. The Kier molecular flexibility index (Phi) is 12.3. The average molecular weight is 797 g/mol. The molecule has 12 nitrogen and oxygen atoms in total. The molecule has 0 radical (unpaired) electrons. The maximum atomic E-state index is 15.2. The smallest absolute Gasteiger partial charge is 0.249 e. The van der Waals surface area contributed by atoms with Crippen LogP contribution in [0.1, 0.15) is 95.0 Å². The van der Waals surface area contributed by atoms with Gasteiger partial charge < -0.3 is 25.3 Å².